The van der Waals surface area contributed by atoms with Crippen molar-refractivity contribution in [3.63, 3.8) is 0 Å². The summed E-state index contributed by atoms with van der Waals surface area (Å²) >= 11 is 0. The van der Waals surface area contributed by atoms with Crippen LogP contribution >= 0.6 is 0 Å². The van der Waals surface area contributed by atoms with Gasteiger partial charge in [0.2, 0.25) is 0 Å². The van der Waals surface area contributed by atoms with Gasteiger partial charge in [0.15, 0.2) is 0 Å². The first-order valence-corrected chi connectivity index (χ1v) is 6.90. The summed E-state index contributed by atoms with van der Waals surface area (Å²) in [7, 11) is 0. The molecule has 0 saturated heterocycles. The van der Waals surface area contributed by atoms with Crippen LogP contribution in [0.4, 0.5) is 0 Å². The minimum absolute atomic E-state index is 0.00977. The number of aryl methyl sites for hydroxylation is 1. The quantitative estimate of drug-likeness (QED) is 0.651. The lowest BCUT2D eigenvalue weighted by molar-refractivity contribution is 0.414. The molecule has 3 heteroatoms. The van der Waals surface area contributed by atoms with Gasteiger partial charge in [-0.2, -0.15) is 0 Å². The summed E-state index contributed by atoms with van der Waals surface area (Å²) in [5, 5.41) is 0. The molecule has 1 atom stereocenters. The third kappa shape index (κ3) is 2.20. The number of rotatable bonds is 4. The van der Waals surface area contributed by atoms with E-state index in [-0.39, 0.29) is 6.04 Å². The first-order chi connectivity index (χ1) is 9.31. The zero-order valence-corrected chi connectivity index (χ0v) is 11.2. The third-order valence-electron chi connectivity index (χ3n) is 4.23. The number of hydrazine groups is 1. The minimum Gasteiger partial charge on any atom is -0.469 e. The maximum atomic E-state index is 5.80. The smallest absolute Gasteiger partial charge is 0.105 e. The molecule has 1 saturated carbocycles. The van der Waals surface area contributed by atoms with Gasteiger partial charge in [0.1, 0.15) is 5.76 Å². The van der Waals surface area contributed by atoms with Crippen LogP contribution in [0.2, 0.25) is 0 Å². The van der Waals surface area contributed by atoms with Crippen molar-refractivity contribution in [3.05, 3.63) is 59.0 Å². The van der Waals surface area contributed by atoms with Gasteiger partial charge in [0, 0.05) is 5.56 Å². The second-order valence-corrected chi connectivity index (χ2v) is 5.29. The van der Waals surface area contributed by atoms with Crippen LogP contribution in [-0.4, -0.2) is 0 Å². The van der Waals surface area contributed by atoms with Crippen LogP contribution in [0.25, 0.3) is 0 Å². The predicted octanol–water partition coefficient (Wildman–Crippen LogP) is 3.41. The number of benzene rings is 1. The molecule has 3 nitrogen and oxygen atoms in total. The van der Waals surface area contributed by atoms with Crippen molar-refractivity contribution in [3.8, 4) is 0 Å². The summed E-state index contributed by atoms with van der Waals surface area (Å²) in [6.07, 6.45) is 5.64. The van der Waals surface area contributed by atoms with E-state index in [1.165, 1.54) is 30.4 Å². The van der Waals surface area contributed by atoms with Crippen molar-refractivity contribution in [2.24, 2.45) is 5.84 Å². The largest absolute Gasteiger partial charge is 0.469 e. The Morgan fingerprint density at radius 3 is 2.58 bits per heavy atom. The van der Waals surface area contributed by atoms with Crippen LogP contribution in [0.3, 0.4) is 0 Å². The Morgan fingerprint density at radius 2 is 2.00 bits per heavy atom. The van der Waals surface area contributed by atoms with Gasteiger partial charge in [-0.15, -0.1) is 0 Å². The van der Waals surface area contributed by atoms with Gasteiger partial charge in [-0.25, -0.2) is 5.43 Å². The lowest BCUT2D eigenvalue weighted by atomic mass is 9.76. The topological polar surface area (TPSA) is 51.2 Å². The van der Waals surface area contributed by atoms with E-state index >= 15 is 0 Å². The summed E-state index contributed by atoms with van der Waals surface area (Å²) in [4.78, 5) is 0. The first-order valence-electron chi connectivity index (χ1n) is 6.90. The maximum Gasteiger partial charge on any atom is 0.105 e. The third-order valence-corrected chi connectivity index (χ3v) is 4.23. The number of hydrogen-bond donors (Lipinski definition) is 2. The average Bonchev–Trinajstić information content (AvgIpc) is 2.77. The van der Waals surface area contributed by atoms with Crippen molar-refractivity contribution in [1.82, 2.24) is 5.43 Å². The van der Waals surface area contributed by atoms with Gasteiger partial charge in [0.05, 0.1) is 12.3 Å². The summed E-state index contributed by atoms with van der Waals surface area (Å²) in [6, 6.07) is 10.6. The van der Waals surface area contributed by atoms with Crippen molar-refractivity contribution in [2.75, 3.05) is 0 Å². The van der Waals surface area contributed by atoms with Gasteiger partial charge >= 0.3 is 0 Å². The number of nitrogens with one attached hydrogen (secondary N) is 1. The van der Waals surface area contributed by atoms with Gasteiger partial charge in [-0.1, -0.05) is 30.7 Å². The normalized spacial score (nSPS) is 17.2. The maximum absolute atomic E-state index is 5.80. The molecule has 0 spiro atoms. The highest BCUT2D eigenvalue weighted by Crippen LogP contribution is 2.40. The summed E-state index contributed by atoms with van der Waals surface area (Å²) in [5.74, 6) is 7.42. The molecule has 100 valence electrons. The van der Waals surface area contributed by atoms with Crippen molar-refractivity contribution in [1.29, 1.82) is 0 Å². The van der Waals surface area contributed by atoms with Crippen LogP contribution in [0, 0.1) is 6.92 Å². The molecule has 3 rings (SSSR count). The lowest BCUT2D eigenvalue weighted by Gasteiger charge is -2.30. The molecule has 1 heterocycles. The van der Waals surface area contributed by atoms with E-state index in [1.807, 2.05) is 13.0 Å². The standard InChI is InChI=1S/C16H20N2O/c1-11-13(9-10-19-11)16(18-17)15-8-3-2-7-14(15)12-5-4-6-12/h2-3,7-10,12,16,18H,4-6,17H2,1H3. The van der Waals surface area contributed by atoms with Gasteiger partial charge in [0.25, 0.3) is 0 Å². The van der Waals surface area contributed by atoms with Crippen LogP contribution in [0.5, 0.6) is 0 Å². The van der Waals surface area contributed by atoms with E-state index in [1.54, 1.807) is 6.26 Å². The van der Waals surface area contributed by atoms with E-state index < -0.39 is 0 Å². The lowest BCUT2D eigenvalue weighted by Crippen LogP contribution is -2.30. The molecule has 2 aromatic rings. The van der Waals surface area contributed by atoms with Crippen LogP contribution in [0.1, 0.15) is 53.7 Å². The molecule has 1 aliphatic carbocycles. The number of furan rings is 1. The average molecular weight is 256 g/mol. The molecular formula is C16H20N2O. The van der Waals surface area contributed by atoms with Crippen LogP contribution < -0.4 is 11.3 Å². The SMILES string of the molecule is Cc1occc1C(NN)c1ccccc1C1CCC1. The van der Waals surface area contributed by atoms with Crippen LogP contribution in [0.15, 0.2) is 41.0 Å². The van der Waals surface area contributed by atoms with Gasteiger partial charge < -0.3 is 4.42 Å². The summed E-state index contributed by atoms with van der Waals surface area (Å²) < 4.78 is 5.41. The minimum atomic E-state index is 0.00977. The Bertz CT molecular complexity index is 557. The first kappa shape index (κ1) is 12.5. The molecule has 1 unspecified atom stereocenters. The summed E-state index contributed by atoms with van der Waals surface area (Å²) in [6.45, 7) is 1.98. The van der Waals surface area contributed by atoms with E-state index in [4.69, 9.17) is 10.3 Å². The molecule has 0 bridgehead atoms. The zero-order valence-electron chi connectivity index (χ0n) is 11.2. The molecule has 3 N–H and O–H groups in total. The number of hydrogen-bond acceptors (Lipinski definition) is 3. The van der Waals surface area contributed by atoms with Gasteiger partial charge in [-0.3, -0.25) is 5.84 Å². The van der Waals surface area contributed by atoms with Crippen molar-refractivity contribution < 1.29 is 4.42 Å². The molecule has 1 aliphatic rings. The highest BCUT2D eigenvalue weighted by atomic mass is 16.3. The fraction of sp³-hybridized carbons (Fsp3) is 0.375. The van der Waals surface area contributed by atoms with E-state index in [0.717, 1.165) is 11.3 Å². The fourth-order valence-corrected chi connectivity index (χ4v) is 2.91. The Morgan fingerprint density at radius 1 is 1.21 bits per heavy atom. The molecule has 1 aromatic heterocycles. The monoisotopic (exact) mass is 256 g/mol. The zero-order chi connectivity index (χ0) is 13.2. The molecular weight excluding hydrogens is 236 g/mol. The molecule has 19 heavy (non-hydrogen) atoms. The second kappa shape index (κ2) is 5.19. The Kier molecular flexibility index (Phi) is 3.40. The van der Waals surface area contributed by atoms with E-state index in [0.29, 0.717) is 5.92 Å². The molecule has 0 radical (unpaired) electrons. The predicted molar refractivity (Wildman–Crippen MR) is 75.6 cm³/mol. The molecule has 1 aromatic carbocycles. The van der Waals surface area contributed by atoms with Crippen molar-refractivity contribution >= 4 is 0 Å². The Hall–Kier alpha value is -1.58. The molecule has 0 aliphatic heterocycles. The second-order valence-electron chi connectivity index (χ2n) is 5.29. The van der Waals surface area contributed by atoms with E-state index in [2.05, 4.69) is 29.7 Å². The fourth-order valence-electron chi connectivity index (χ4n) is 2.91. The van der Waals surface area contributed by atoms with E-state index in [9.17, 15) is 0 Å². The van der Waals surface area contributed by atoms with Gasteiger partial charge in [-0.05, 0) is 42.9 Å². The Balaban J connectivity index is 2.02. The van der Waals surface area contributed by atoms with Crippen molar-refractivity contribution in [2.45, 2.75) is 38.1 Å². The van der Waals surface area contributed by atoms with Crippen LogP contribution in [-0.2, 0) is 0 Å². The number of nitrogens with two attached hydrogens (primary N) is 1. The highest BCUT2D eigenvalue weighted by molar-refractivity contribution is 5.40. The highest BCUT2D eigenvalue weighted by Gasteiger charge is 2.26. The molecule has 1 fully saturated rings. The summed E-state index contributed by atoms with van der Waals surface area (Å²) in [5.41, 5.74) is 6.77. The molecule has 0 amide bonds. The Labute approximate surface area is 113 Å².